The number of aryl methyl sites for hydroxylation is 2. The summed E-state index contributed by atoms with van der Waals surface area (Å²) in [7, 11) is 0. The molecule has 0 aliphatic carbocycles. The lowest BCUT2D eigenvalue weighted by Gasteiger charge is -2.24. The van der Waals surface area contributed by atoms with Crippen molar-refractivity contribution >= 4 is 23.8 Å². The van der Waals surface area contributed by atoms with Gasteiger partial charge in [-0.1, -0.05) is 32.0 Å². The standard InChI is InChI=1S/C20H28N2O6/c1-11(2)18(19(26)21-15(20(27)28)8-9-17(24)25)22-16(23)10-14-12(3)6-5-7-13(14)4/h5-7,11,15,18H,8-10H2,1-4H3,(H,21,26)(H,22,23)(H,24,25)(H,27,28)/t15-,18+/m1/s1. The Morgan fingerprint density at radius 2 is 1.57 bits per heavy atom. The van der Waals surface area contributed by atoms with Crippen molar-refractivity contribution in [3.8, 4) is 0 Å². The fourth-order valence-corrected chi connectivity index (χ4v) is 2.83. The topological polar surface area (TPSA) is 133 Å². The Kier molecular flexibility index (Phi) is 8.63. The molecule has 0 aromatic heterocycles. The first-order valence-electron chi connectivity index (χ1n) is 9.12. The lowest BCUT2D eigenvalue weighted by molar-refractivity contribution is -0.143. The zero-order valence-electron chi connectivity index (χ0n) is 16.6. The third kappa shape index (κ3) is 7.02. The molecule has 4 N–H and O–H groups in total. The summed E-state index contributed by atoms with van der Waals surface area (Å²) >= 11 is 0. The van der Waals surface area contributed by atoms with E-state index < -0.39 is 29.9 Å². The number of hydrogen-bond acceptors (Lipinski definition) is 4. The first kappa shape index (κ1) is 23.1. The highest BCUT2D eigenvalue weighted by Gasteiger charge is 2.29. The number of amides is 2. The molecule has 0 aliphatic rings. The van der Waals surface area contributed by atoms with E-state index in [0.29, 0.717) is 0 Å². The van der Waals surface area contributed by atoms with E-state index in [2.05, 4.69) is 10.6 Å². The Hall–Kier alpha value is -2.90. The summed E-state index contributed by atoms with van der Waals surface area (Å²) in [4.78, 5) is 47.0. The lowest BCUT2D eigenvalue weighted by Crippen LogP contribution is -2.54. The summed E-state index contributed by atoms with van der Waals surface area (Å²) in [6.07, 6.45) is -0.517. The van der Waals surface area contributed by atoms with Gasteiger partial charge in [0.25, 0.3) is 0 Å². The third-order valence-corrected chi connectivity index (χ3v) is 4.51. The summed E-state index contributed by atoms with van der Waals surface area (Å²) in [6, 6.07) is 3.45. The number of carbonyl (C=O) groups excluding carboxylic acids is 2. The fraction of sp³-hybridized carbons (Fsp3) is 0.500. The Balaban J connectivity index is 2.82. The number of nitrogens with one attached hydrogen (secondary N) is 2. The van der Waals surface area contributed by atoms with E-state index in [0.717, 1.165) is 16.7 Å². The summed E-state index contributed by atoms with van der Waals surface area (Å²) < 4.78 is 0. The van der Waals surface area contributed by atoms with Gasteiger partial charge < -0.3 is 20.8 Å². The van der Waals surface area contributed by atoms with Crippen molar-refractivity contribution in [2.24, 2.45) is 5.92 Å². The van der Waals surface area contributed by atoms with E-state index in [1.54, 1.807) is 13.8 Å². The molecule has 28 heavy (non-hydrogen) atoms. The van der Waals surface area contributed by atoms with Crippen LogP contribution < -0.4 is 10.6 Å². The average molecular weight is 392 g/mol. The molecular weight excluding hydrogens is 364 g/mol. The molecule has 1 aromatic carbocycles. The third-order valence-electron chi connectivity index (χ3n) is 4.51. The molecule has 2 amide bonds. The number of hydrogen-bond donors (Lipinski definition) is 4. The second-order valence-electron chi connectivity index (χ2n) is 7.17. The van der Waals surface area contributed by atoms with Gasteiger partial charge in [0.1, 0.15) is 12.1 Å². The highest BCUT2D eigenvalue weighted by atomic mass is 16.4. The second-order valence-corrected chi connectivity index (χ2v) is 7.17. The summed E-state index contributed by atoms with van der Waals surface area (Å²) in [6.45, 7) is 7.28. The lowest BCUT2D eigenvalue weighted by atomic mass is 9.98. The molecule has 0 radical (unpaired) electrons. The normalized spacial score (nSPS) is 12.9. The van der Waals surface area contributed by atoms with Crippen LogP contribution in [0.4, 0.5) is 0 Å². The SMILES string of the molecule is Cc1cccc(C)c1CC(=O)N[C@H](C(=O)N[C@H](CCC(=O)O)C(=O)O)C(C)C. The molecule has 0 heterocycles. The quantitative estimate of drug-likeness (QED) is 0.476. The molecule has 1 rings (SSSR count). The molecular formula is C20H28N2O6. The van der Waals surface area contributed by atoms with E-state index >= 15 is 0 Å². The van der Waals surface area contributed by atoms with Gasteiger partial charge >= 0.3 is 11.9 Å². The van der Waals surface area contributed by atoms with E-state index in [1.165, 1.54) is 0 Å². The van der Waals surface area contributed by atoms with Crippen LogP contribution in [0.1, 0.15) is 43.4 Å². The van der Waals surface area contributed by atoms with E-state index in [-0.39, 0.29) is 31.1 Å². The molecule has 0 saturated carbocycles. The smallest absolute Gasteiger partial charge is 0.326 e. The monoisotopic (exact) mass is 392 g/mol. The Morgan fingerprint density at radius 1 is 1.00 bits per heavy atom. The maximum absolute atomic E-state index is 12.5. The van der Waals surface area contributed by atoms with E-state index in [4.69, 9.17) is 5.11 Å². The van der Waals surface area contributed by atoms with Crippen molar-refractivity contribution in [3.63, 3.8) is 0 Å². The van der Waals surface area contributed by atoms with Crippen molar-refractivity contribution < 1.29 is 29.4 Å². The van der Waals surface area contributed by atoms with Gasteiger partial charge in [-0.2, -0.15) is 0 Å². The van der Waals surface area contributed by atoms with Crippen molar-refractivity contribution in [2.75, 3.05) is 0 Å². The Morgan fingerprint density at radius 3 is 2.04 bits per heavy atom. The van der Waals surface area contributed by atoms with Crippen molar-refractivity contribution in [1.82, 2.24) is 10.6 Å². The van der Waals surface area contributed by atoms with Gasteiger partial charge in [-0.05, 0) is 42.9 Å². The van der Waals surface area contributed by atoms with Crippen molar-refractivity contribution in [3.05, 3.63) is 34.9 Å². The van der Waals surface area contributed by atoms with Gasteiger partial charge in [-0.3, -0.25) is 14.4 Å². The molecule has 0 saturated heterocycles. The minimum absolute atomic E-state index is 0.108. The van der Waals surface area contributed by atoms with Gasteiger partial charge in [0.05, 0.1) is 6.42 Å². The van der Waals surface area contributed by atoms with Gasteiger partial charge in [0, 0.05) is 6.42 Å². The molecule has 154 valence electrons. The second kappa shape index (κ2) is 10.4. The molecule has 1 aromatic rings. The van der Waals surface area contributed by atoms with Crippen LogP contribution in [0.3, 0.4) is 0 Å². The minimum atomic E-state index is -1.33. The maximum atomic E-state index is 12.5. The van der Waals surface area contributed by atoms with Gasteiger partial charge in [-0.15, -0.1) is 0 Å². The van der Waals surface area contributed by atoms with Crippen LogP contribution in [-0.4, -0.2) is 46.0 Å². The highest BCUT2D eigenvalue weighted by molar-refractivity contribution is 5.91. The first-order chi connectivity index (χ1) is 13.0. The largest absolute Gasteiger partial charge is 0.481 e. The molecule has 8 nitrogen and oxygen atoms in total. The van der Waals surface area contributed by atoms with Gasteiger partial charge in [0.15, 0.2) is 0 Å². The molecule has 0 spiro atoms. The summed E-state index contributed by atoms with van der Waals surface area (Å²) in [5.74, 6) is -3.75. The molecule has 8 heteroatoms. The number of carbonyl (C=O) groups is 4. The van der Waals surface area contributed by atoms with Crippen LogP contribution in [0.25, 0.3) is 0 Å². The maximum Gasteiger partial charge on any atom is 0.326 e. The van der Waals surface area contributed by atoms with Gasteiger partial charge in [-0.25, -0.2) is 4.79 Å². The number of aliphatic carboxylic acids is 2. The van der Waals surface area contributed by atoms with Crippen LogP contribution in [0.2, 0.25) is 0 Å². The first-order valence-corrected chi connectivity index (χ1v) is 9.12. The fourth-order valence-electron chi connectivity index (χ4n) is 2.83. The number of carboxylic acids is 2. The number of carboxylic acid groups (broad SMARTS) is 2. The van der Waals surface area contributed by atoms with E-state index in [1.807, 2.05) is 32.0 Å². The molecule has 0 unspecified atom stereocenters. The van der Waals surface area contributed by atoms with Crippen LogP contribution in [0.5, 0.6) is 0 Å². The molecule has 0 aliphatic heterocycles. The van der Waals surface area contributed by atoms with Crippen molar-refractivity contribution in [2.45, 2.75) is 59.0 Å². The van der Waals surface area contributed by atoms with Crippen LogP contribution in [0, 0.1) is 19.8 Å². The van der Waals surface area contributed by atoms with Gasteiger partial charge in [0.2, 0.25) is 11.8 Å². The summed E-state index contributed by atoms with van der Waals surface area (Å²) in [5, 5.41) is 22.9. The zero-order chi connectivity index (χ0) is 21.4. The highest BCUT2D eigenvalue weighted by Crippen LogP contribution is 2.14. The number of benzene rings is 1. The summed E-state index contributed by atoms with van der Waals surface area (Å²) in [5.41, 5.74) is 2.83. The minimum Gasteiger partial charge on any atom is -0.481 e. The van der Waals surface area contributed by atoms with Crippen LogP contribution in [-0.2, 0) is 25.6 Å². The van der Waals surface area contributed by atoms with Crippen molar-refractivity contribution in [1.29, 1.82) is 0 Å². The Labute approximate surface area is 164 Å². The molecule has 0 fully saturated rings. The van der Waals surface area contributed by atoms with E-state index in [9.17, 15) is 24.3 Å². The molecule has 0 bridgehead atoms. The zero-order valence-corrected chi connectivity index (χ0v) is 16.6. The predicted molar refractivity (Wildman–Crippen MR) is 103 cm³/mol. The van der Waals surface area contributed by atoms with Crippen LogP contribution >= 0.6 is 0 Å². The molecule has 2 atom stereocenters. The Bertz CT molecular complexity index is 724. The van der Waals surface area contributed by atoms with Crippen LogP contribution in [0.15, 0.2) is 18.2 Å². The average Bonchev–Trinajstić information content (AvgIpc) is 2.58. The predicted octanol–water partition coefficient (Wildman–Crippen LogP) is 1.42. The number of rotatable bonds is 10.